The first kappa shape index (κ1) is 17.7. The van der Waals surface area contributed by atoms with Gasteiger partial charge in [0.15, 0.2) is 0 Å². The van der Waals surface area contributed by atoms with E-state index in [2.05, 4.69) is 4.74 Å². The lowest BCUT2D eigenvalue weighted by Gasteiger charge is -2.19. The van der Waals surface area contributed by atoms with E-state index in [-0.39, 0.29) is 18.4 Å². The highest BCUT2D eigenvalue weighted by Gasteiger charge is 2.36. The van der Waals surface area contributed by atoms with Crippen molar-refractivity contribution >= 4 is 17.5 Å². The lowest BCUT2D eigenvalue weighted by Crippen LogP contribution is -2.33. The molecule has 0 aliphatic heterocycles. The van der Waals surface area contributed by atoms with Crippen molar-refractivity contribution < 1.29 is 27.9 Å². The second kappa shape index (κ2) is 7.31. The summed E-state index contributed by atoms with van der Waals surface area (Å²) in [4.78, 5) is 34.4. The summed E-state index contributed by atoms with van der Waals surface area (Å²) in [7, 11) is 0. The monoisotopic (exact) mass is 278 g/mol. The SMILES string of the molecule is CCOC(=O)C(CC(=O)CC(C)(C)C)C(=O)C(F)F. The molecule has 0 spiro atoms. The van der Waals surface area contributed by atoms with Gasteiger partial charge in [-0.2, -0.15) is 0 Å². The molecule has 0 aromatic carbocycles. The van der Waals surface area contributed by atoms with Crippen LogP contribution in [0.4, 0.5) is 8.78 Å². The minimum absolute atomic E-state index is 0.0285. The molecule has 6 heteroatoms. The van der Waals surface area contributed by atoms with Crippen LogP contribution in [0.15, 0.2) is 0 Å². The number of hydrogen-bond donors (Lipinski definition) is 0. The van der Waals surface area contributed by atoms with Crippen molar-refractivity contribution in [2.45, 2.75) is 47.0 Å². The number of carbonyl (C=O) groups excluding carboxylic acids is 3. The molecule has 0 amide bonds. The van der Waals surface area contributed by atoms with Gasteiger partial charge < -0.3 is 4.74 Å². The average molecular weight is 278 g/mol. The molecule has 0 N–H and O–H groups in total. The van der Waals surface area contributed by atoms with Crippen LogP contribution < -0.4 is 0 Å². The molecule has 1 unspecified atom stereocenters. The van der Waals surface area contributed by atoms with Crippen molar-refractivity contribution in [2.75, 3.05) is 6.61 Å². The van der Waals surface area contributed by atoms with E-state index in [9.17, 15) is 23.2 Å². The van der Waals surface area contributed by atoms with Gasteiger partial charge in [-0.05, 0) is 12.3 Å². The molecule has 19 heavy (non-hydrogen) atoms. The maximum Gasteiger partial charge on any atom is 0.317 e. The van der Waals surface area contributed by atoms with Crippen molar-refractivity contribution in [3.63, 3.8) is 0 Å². The van der Waals surface area contributed by atoms with Gasteiger partial charge in [-0.3, -0.25) is 14.4 Å². The van der Waals surface area contributed by atoms with E-state index < -0.39 is 36.3 Å². The van der Waals surface area contributed by atoms with Crippen LogP contribution in [0.25, 0.3) is 0 Å². The second-order valence-corrected chi connectivity index (χ2v) is 5.49. The summed E-state index contributed by atoms with van der Waals surface area (Å²) in [6.07, 6.45) is -3.70. The molecule has 0 aliphatic rings. The predicted octanol–water partition coefficient (Wildman–Crippen LogP) is 2.40. The van der Waals surface area contributed by atoms with Gasteiger partial charge in [0.1, 0.15) is 11.7 Å². The maximum atomic E-state index is 12.4. The van der Waals surface area contributed by atoms with Gasteiger partial charge in [0.05, 0.1) is 6.61 Å². The number of rotatable bonds is 7. The van der Waals surface area contributed by atoms with E-state index >= 15 is 0 Å². The van der Waals surface area contributed by atoms with E-state index in [0.717, 1.165) is 0 Å². The Morgan fingerprint density at radius 2 is 1.68 bits per heavy atom. The Morgan fingerprint density at radius 3 is 2.05 bits per heavy atom. The van der Waals surface area contributed by atoms with Crippen LogP contribution >= 0.6 is 0 Å². The highest BCUT2D eigenvalue weighted by molar-refractivity contribution is 6.03. The van der Waals surface area contributed by atoms with Crippen LogP contribution in [-0.2, 0) is 19.1 Å². The van der Waals surface area contributed by atoms with E-state index in [1.807, 2.05) is 0 Å². The van der Waals surface area contributed by atoms with Crippen LogP contribution in [0.2, 0.25) is 0 Å². The molecule has 1 atom stereocenters. The molecule has 0 radical (unpaired) electrons. The minimum atomic E-state index is -3.28. The van der Waals surface area contributed by atoms with Gasteiger partial charge in [-0.1, -0.05) is 20.8 Å². The van der Waals surface area contributed by atoms with Gasteiger partial charge in [0, 0.05) is 12.8 Å². The first-order valence-corrected chi connectivity index (χ1v) is 6.08. The highest BCUT2D eigenvalue weighted by atomic mass is 19.3. The minimum Gasteiger partial charge on any atom is -0.465 e. The summed E-state index contributed by atoms with van der Waals surface area (Å²) in [5, 5.41) is 0. The maximum absolute atomic E-state index is 12.4. The fourth-order valence-corrected chi connectivity index (χ4v) is 1.59. The molecule has 0 bridgehead atoms. The van der Waals surface area contributed by atoms with E-state index in [0.29, 0.717) is 0 Å². The zero-order valence-corrected chi connectivity index (χ0v) is 11.7. The number of ketones is 2. The number of halogens is 2. The summed E-state index contributed by atoms with van der Waals surface area (Å²) in [6, 6.07) is 0. The molecule has 110 valence electrons. The fraction of sp³-hybridized carbons (Fsp3) is 0.769. The zero-order chi connectivity index (χ0) is 15.2. The molecular formula is C13H20F2O4. The molecule has 4 nitrogen and oxygen atoms in total. The van der Waals surface area contributed by atoms with Crippen LogP contribution in [-0.4, -0.2) is 30.6 Å². The number of esters is 1. The molecule has 0 aliphatic carbocycles. The number of ether oxygens (including phenoxy) is 1. The van der Waals surface area contributed by atoms with Crippen molar-refractivity contribution in [3.8, 4) is 0 Å². The Balaban J connectivity index is 4.82. The van der Waals surface area contributed by atoms with Crippen LogP contribution in [0.5, 0.6) is 0 Å². The molecule has 0 rings (SSSR count). The Labute approximate surface area is 111 Å². The third-order valence-electron chi connectivity index (χ3n) is 2.29. The first-order valence-electron chi connectivity index (χ1n) is 6.08. The Bertz CT molecular complexity index is 345. The molecule has 0 heterocycles. The molecule has 0 fully saturated rings. The average Bonchev–Trinajstić information content (AvgIpc) is 2.22. The van der Waals surface area contributed by atoms with Crippen LogP contribution in [0.3, 0.4) is 0 Å². The number of Topliss-reactive ketones (excluding diaryl/α,β-unsaturated/α-hetero) is 2. The predicted molar refractivity (Wildman–Crippen MR) is 64.8 cm³/mol. The lowest BCUT2D eigenvalue weighted by molar-refractivity contribution is -0.156. The fourth-order valence-electron chi connectivity index (χ4n) is 1.59. The summed E-state index contributed by atoms with van der Waals surface area (Å²) in [5.74, 6) is -4.72. The first-order chi connectivity index (χ1) is 8.58. The third kappa shape index (κ3) is 6.98. The summed E-state index contributed by atoms with van der Waals surface area (Å²) in [6.45, 7) is 6.88. The van der Waals surface area contributed by atoms with Gasteiger partial charge in [-0.25, -0.2) is 8.78 Å². The number of alkyl halides is 2. The van der Waals surface area contributed by atoms with Gasteiger partial charge >= 0.3 is 5.97 Å². The van der Waals surface area contributed by atoms with Crippen molar-refractivity contribution in [1.29, 1.82) is 0 Å². The molecule has 0 aromatic rings. The second-order valence-electron chi connectivity index (χ2n) is 5.49. The number of carbonyl (C=O) groups is 3. The Hall–Kier alpha value is -1.33. The standard InChI is InChI=1S/C13H20F2O4/c1-5-19-12(18)9(10(17)11(14)15)6-8(16)7-13(2,3)4/h9,11H,5-7H2,1-4H3. The lowest BCUT2D eigenvalue weighted by atomic mass is 9.86. The van der Waals surface area contributed by atoms with E-state index in [1.165, 1.54) is 6.92 Å². The summed E-state index contributed by atoms with van der Waals surface area (Å²) < 4.78 is 29.4. The highest BCUT2D eigenvalue weighted by Crippen LogP contribution is 2.22. The van der Waals surface area contributed by atoms with Gasteiger partial charge in [0.25, 0.3) is 6.43 Å². The van der Waals surface area contributed by atoms with Gasteiger partial charge in [-0.15, -0.1) is 0 Å². The Kier molecular flexibility index (Phi) is 6.79. The van der Waals surface area contributed by atoms with Gasteiger partial charge in [0.2, 0.25) is 5.78 Å². The third-order valence-corrected chi connectivity index (χ3v) is 2.29. The van der Waals surface area contributed by atoms with Crippen molar-refractivity contribution in [2.24, 2.45) is 11.3 Å². The van der Waals surface area contributed by atoms with Crippen LogP contribution in [0.1, 0.15) is 40.5 Å². The molecule has 0 aromatic heterocycles. The quantitative estimate of drug-likeness (QED) is 0.530. The zero-order valence-electron chi connectivity index (χ0n) is 11.7. The smallest absolute Gasteiger partial charge is 0.317 e. The summed E-state index contributed by atoms with van der Waals surface area (Å²) in [5.41, 5.74) is -0.329. The summed E-state index contributed by atoms with van der Waals surface area (Å²) >= 11 is 0. The number of hydrogen-bond acceptors (Lipinski definition) is 4. The topological polar surface area (TPSA) is 60.4 Å². The van der Waals surface area contributed by atoms with E-state index in [1.54, 1.807) is 20.8 Å². The molecule has 0 saturated carbocycles. The Morgan fingerprint density at radius 1 is 1.16 bits per heavy atom. The van der Waals surface area contributed by atoms with E-state index in [4.69, 9.17) is 0 Å². The van der Waals surface area contributed by atoms with Crippen LogP contribution in [0, 0.1) is 11.3 Å². The molecular weight excluding hydrogens is 258 g/mol. The normalized spacial score (nSPS) is 13.2. The largest absolute Gasteiger partial charge is 0.465 e. The molecule has 0 saturated heterocycles. The van der Waals surface area contributed by atoms with Crippen molar-refractivity contribution in [3.05, 3.63) is 0 Å². The van der Waals surface area contributed by atoms with Crippen molar-refractivity contribution in [1.82, 2.24) is 0 Å².